The highest BCUT2D eigenvalue weighted by atomic mass is 35.5. The minimum absolute atomic E-state index is 0.0514. The van der Waals surface area contributed by atoms with Crippen LogP contribution in [0.3, 0.4) is 0 Å². The van der Waals surface area contributed by atoms with Crippen LogP contribution in [0.2, 0.25) is 10.0 Å². The van der Waals surface area contributed by atoms with E-state index < -0.39 is 5.91 Å². The van der Waals surface area contributed by atoms with E-state index in [-0.39, 0.29) is 5.82 Å². The Kier molecular flexibility index (Phi) is 5.34. The lowest BCUT2D eigenvalue weighted by Gasteiger charge is -2.06. The van der Waals surface area contributed by atoms with E-state index in [1.54, 1.807) is 41.1 Å². The van der Waals surface area contributed by atoms with Crippen LogP contribution in [0.15, 0.2) is 72.8 Å². The van der Waals surface area contributed by atoms with Gasteiger partial charge in [0.05, 0.1) is 5.69 Å². The second kappa shape index (κ2) is 8.07. The Morgan fingerprint density at radius 1 is 0.931 bits per heavy atom. The Bertz CT molecular complexity index is 1110. The number of benzene rings is 3. The summed E-state index contributed by atoms with van der Waals surface area (Å²) in [7, 11) is 0. The van der Waals surface area contributed by atoms with Gasteiger partial charge in [-0.25, -0.2) is 9.67 Å². The third-order valence-corrected chi connectivity index (χ3v) is 4.76. The molecule has 0 spiro atoms. The van der Waals surface area contributed by atoms with E-state index in [1.165, 1.54) is 0 Å². The number of anilines is 1. The summed E-state index contributed by atoms with van der Waals surface area (Å²) in [5.41, 5.74) is 3.29. The first-order valence-electron chi connectivity index (χ1n) is 8.86. The van der Waals surface area contributed by atoms with Crippen molar-refractivity contribution in [2.24, 2.45) is 0 Å². The number of rotatable bonds is 4. The first-order chi connectivity index (χ1) is 14.0. The van der Waals surface area contributed by atoms with Crippen molar-refractivity contribution in [2.45, 2.75) is 6.92 Å². The van der Waals surface area contributed by atoms with E-state index in [9.17, 15) is 4.79 Å². The Morgan fingerprint density at radius 2 is 1.66 bits per heavy atom. The van der Waals surface area contributed by atoms with Crippen molar-refractivity contribution in [3.63, 3.8) is 0 Å². The Balaban J connectivity index is 1.75. The number of amides is 1. The predicted molar refractivity (Wildman–Crippen MR) is 116 cm³/mol. The number of aryl methyl sites for hydroxylation is 1. The van der Waals surface area contributed by atoms with Gasteiger partial charge in [-0.1, -0.05) is 47.0 Å². The lowest BCUT2D eigenvalue weighted by atomic mass is 10.2. The molecule has 0 unspecified atom stereocenters. The standard InChI is InChI=1S/C22H16Cl2N4O/c1-14-5-11-19(12-6-14)28-21(15-7-9-16(23)10-8-15)26-20(27-28)22(29)25-18-4-2-3-17(24)13-18/h2-13H,1H3,(H,25,29). The lowest BCUT2D eigenvalue weighted by Crippen LogP contribution is -2.14. The summed E-state index contributed by atoms with van der Waals surface area (Å²) in [6.45, 7) is 2.01. The molecule has 1 aromatic heterocycles. The Labute approximate surface area is 177 Å². The highest BCUT2D eigenvalue weighted by molar-refractivity contribution is 6.31. The van der Waals surface area contributed by atoms with E-state index in [0.717, 1.165) is 16.8 Å². The highest BCUT2D eigenvalue weighted by Gasteiger charge is 2.19. The molecule has 0 atom stereocenters. The van der Waals surface area contributed by atoms with Gasteiger partial charge in [-0.05, 0) is 61.5 Å². The van der Waals surface area contributed by atoms with Crippen LogP contribution in [0.25, 0.3) is 17.1 Å². The van der Waals surface area contributed by atoms with Crippen LogP contribution in [0.4, 0.5) is 5.69 Å². The van der Waals surface area contributed by atoms with Crippen molar-refractivity contribution in [3.8, 4) is 17.1 Å². The van der Waals surface area contributed by atoms with Gasteiger partial charge in [-0.15, -0.1) is 5.10 Å². The molecule has 7 heteroatoms. The fraction of sp³-hybridized carbons (Fsp3) is 0.0455. The smallest absolute Gasteiger partial charge is 0.295 e. The van der Waals surface area contributed by atoms with Gasteiger partial charge in [0.2, 0.25) is 5.82 Å². The molecular weight excluding hydrogens is 407 g/mol. The second-order valence-electron chi connectivity index (χ2n) is 6.48. The first kappa shape index (κ1) is 19.2. The van der Waals surface area contributed by atoms with E-state index in [1.807, 2.05) is 43.3 Å². The normalized spacial score (nSPS) is 10.7. The van der Waals surface area contributed by atoms with E-state index in [2.05, 4.69) is 15.4 Å². The number of hydrogen-bond donors (Lipinski definition) is 1. The van der Waals surface area contributed by atoms with Gasteiger partial charge in [0, 0.05) is 21.3 Å². The molecule has 1 N–H and O–H groups in total. The average Bonchev–Trinajstić information content (AvgIpc) is 3.15. The van der Waals surface area contributed by atoms with Crippen molar-refractivity contribution < 1.29 is 4.79 Å². The Morgan fingerprint density at radius 3 is 2.34 bits per heavy atom. The molecule has 0 bridgehead atoms. The number of nitrogens with zero attached hydrogens (tertiary/aromatic N) is 3. The van der Waals surface area contributed by atoms with Crippen molar-refractivity contribution in [1.82, 2.24) is 14.8 Å². The van der Waals surface area contributed by atoms with Crippen molar-refractivity contribution in [2.75, 3.05) is 5.32 Å². The van der Waals surface area contributed by atoms with Crippen LogP contribution >= 0.6 is 23.2 Å². The van der Waals surface area contributed by atoms with Gasteiger partial charge in [0.25, 0.3) is 5.91 Å². The zero-order chi connectivity index (χ0) is 20.4. The van der Waals surface area contributed by atoms with Gasteiger partial charge < -0.3 is 5.32 Å². The average molecular weight is 423 g/mol. The third-order valence-electron chi connectivity index (χ3n) is 4.27. The first-order valence-corrected chi connectivity index (χ1v) is 9.62. The van der Waals surface area contributed by atoms with Gasteiger partial charge in [0.1, 0.15) is 0 Å². The van der Waals surface area contributed by atoms with Gasteiger partial charge in [-0.3, -0.25) is 4.79 Å². The van der Waals surface area contributed by atoms with Crippen LogP contribution in [0.5, 0.6) is 0 Å². The van der Waals surface area contributed by atoms with Gasteiger partial charge >= 0.3 is 0 Å². The molecule has 0 radical (unpaired) electrons. The summed E-state index contributed by atoms with van der Waals surface area (Å²) < 4.78 is 1.65. The molecule has 0 aliphatic rings. The predicted octanol–water partition coefficient (Wildman–Crippen LogP) is 5.80. The third kappa shape index (κ3) is 4.31. The number of nitrogens with one attached hydrogen (secondary N) is 1. The van der Waals surface area contributed by atoms with E-state index >= 15 is 0 Å². The minimum atomic E-state index is -0.423. The monoisotopic (exact) mass is 422 g/mol. The Hall–Kier alpha value is -3.15. The van der Waals surface area contributed by atoms with Crippen LogP contribution in [0.1, 0.15) is 16.2 Å². The van der Waals surface area contributed by atoms with Gasteiger partial charge in [-0.2, -0.15) is 0 Å². The van der Waals surface area contributed by atoms with Crippen LogP contribution in [-0.2, 0) is 0 Å². The molecule has 0 saturated heterocycles. The number of carbonyl (C=O) groups excluding carboxylic acids is 1. The zero-order valence-corrected chi connectivity index (χ0v) is 16.9. The molecule has 144 valence electrons. The molecule has 5 nitrogen and oxygen atoms in total. The summed E-state index contributed by atoms with van der Waals surface area (Å²) in [5.74, 6) is 0.172. The fourth-order valence-electron chi connectivity index (χ4n) is 2.81. The molecule has 0 aliphatic carbocycles. The molecule has 0 saturated carbocycles. The number of hydrogen-bond acceptors (Lipinski definition) is 3. The maximum absolute atomic E-state index is 12.7. The van der Waals surface area contributed by atoms with Crippen molar-refractivity contribution >= 4 is 34.8 Å². The topological polar surface area (TPSA) is 59.8 Å². The molecule has 0 aliphatic heterocycles. The summed E-state index contributed by atoms with van der Waals surface area (Å²) in [6.07, 6.45) is 0. The molecule has 4 aromatic rings. The molecule has 4 rings (SSSR count). The number of aromatic nitrogens is 3. The summed E-state index contributed by atoms with van der Waals surface area (Å²) in [5, 5.41) is 8.38. The van der Waals surface area contributed by atoms with E-state index in [0.29, 0.717) is 21.6 Å². The molecule has 3 aromatic carbocycles. The molecular formula is C22H16Cl2N4O. The minimum Gasteiger partial charge on any atom is -0.319 e. The lowest BCUT2D eigenvalue weighted by molar-refractivity contribution is 0.101. The maximum Gasteiger partial charge on any atom is 0.295 e. The number of carbonyl (C=O) groups is 1. The highest BCUT2D eigenvalue weighted by Crippen LogP contribution is 2.24. The van der Waals surface area contributed by atoms with E-state index in [4.69, 9.17) is 23.2 Å². The molecule has 29 heavy (non-hydrogen) atoms. The molecule has 1 amide bonds. The number of halogens is 2. The summed E-state index contributed by atoms with van der Waals surface area (Å²) in [4.78, 5) is 17.2. The van der Waals surface area contributed by atoms with Gasteiger partial charge in [0.15, 0.2) is 5.82 Å². The zero-order valence-electron chi connectivity index (χ0n) is 15.4. The summed E-state index contributed by atoms with van der Waals surface area (Å²) in [6, 6.07) is 22.0. The van der Waals surface area contributed by atoms with Crippen LogP contribution in [-0.4, -0.2) is 20.7 Å². The fourth-order valence-corrected chi connectivity index (χ4v) is 3.13. The summed E-state index contributed by atoms with van der Waals surface area (Å²) >= 11 is 12.0. The quantitative estimate of drug-likeness (QED) is 0.451. The molecule has 0 fully saturated rings. The molecule has 1 heterocycles. The van der Waals surface area contributed by atoms with Crippen molar-refractivity contribution in [3.05, 3.63) is 94.2 Å². The second-order valence-corrected chi connectivity index (χ2v) is 7.35. The van der Waals surface area contributed by atoms with Crippen LogP contribution < -0.4 is 5.32 Å². The largest absolute Gasteiger partial charge is 0.319 e. The SMILES string of the molecule is Cc1ccc(-n2nc(C(=O)Nc3cccc(Cl)c3)nc2-c2ccc(Cl)cc2)cc1. The maximum atomic E-state index is 12.7. The van der Waals surface area contributed by atoms with Crippen molar-refractivity contribution in [1.29, 1.82) is 0 Å². The van der Waals surface area contributed by atoms with Crippen LogP contribution in [0, 0.1) is 6.92 Å².